The molecule has 2 aromatic heterocycles. The molecule has 3 nitrogen and oxygen atoms in total. The number of imidazole rings is 1. The summed E-state index contributed by atoms with van der Waals surface area (Å²) in [5.74, 6) is -2.53. The van der Waals surface area contributed by atoms with Crippen molar-refractivity contribution in [1.29, 1.82) is 0 Å². The Hall–Kier alpha value is -2.83. The lowest BCUT2D eigenvalue weighted by Gasteiger charge is -2.02. The number of benzene rings is 2. The van der Waals surface area contributed by atoms with E-state index in [0.717, 1.165) is 33.6 Å². The van der Waals surface area contributed by atoms with Crippen molar-refractivity contribution in [3.63, 3.8) is 0 Å². The third kappa shape index (κ3) is 3.37. The molecule has 0 bridgehead atoms. The van der Waals surface area contributed by atoms with Gasteiger partial charge in [-0.15, -0.1) is 11.3 Å². The number of rotatable bonds is 4. The van der Waals surface area contributed by atoms with E-state index in [4.69, 9.17) is 11.6 Å². The molecule has 0 atom stereocenters. The van der Waals surface area contributed by atoms with Gasteiger partial charge in [0.1, 0.15) is 11.6 Å². The highest BCUT2D eigenvalue weighted by Crippen LogP contribution is 2.30. The molecule has 140 valence electrons. The van der Waals surface area contributed by atoms with Crippen molar-refractivity contribution in [2.45, 2.75) is 6.92 Å². The number of carbonyl (C=O) groups excluding carboxylic acids is 1. The van der Waals surface area contributed by atoms with Gasteiger partial charge in [-0.25, -0.2) is 13.8 Å². The number of thiazole rings is 1. The van der Waals surface area contributed by atoms with E-state index in [1.807, 2.05) is 29.7 Å². The van der Waals surface area contributed by atoms with Crippen molar-refractivity contribution in [2.75, 3.05) is 0 Å². The van der Waals surface area contributed by atoms with E-state index in [-0.39, 0.29) is 0 Å². The Kier molecular flexibility index (Phi) is 4.83. The third-order valence-electron chi connectivity index (χ3n) is 4.20. The van der Waals surface area contributed by atoms with E-state index < -0.39 is 23.0 Å². The van der Waals surface area contributed by atoms with Crippen LogP contribution in [0.3, 0.4) is 0 Å². The molecular weight excluding hydrogens is 402 g/mol. The van der Waals surface area contributed by atoms with Crippen LogP contribution >= 0.6 is 22.9 Å². The van der Waals surface area contributed by atoms with Gasteiger partial charge in [0, 0.05) is 21.7 Å². The van der Waals surface area contributed by atoms with Gasteiger partial charge in [-0.05, 0) is 43.3 Å². The van der Waals surface area contributed by atoms with Crippen LogP contribution in [0.5, 0.6) is 0 Å². The van der Waals surface area contributed by atoms with Crippen molar-refractivity contribution in [3.05, 3.63) is 87.5 Å². The Morgan fingerprint density at radius 1 is 1.14 bits per heavy atom. The van der Waals surface area contributed by atoms with Gasteiger partial charge in [0.25, 0.3) is 0 Å². The average molecular weight is 415 g/mol. The van der Waals surface area contributed by atoms with Crippen LogP contribution in [0.4, 0.5) is 8.78 Å². The summed E-state index contributed by atoms with van der Waals surface area (Å²) in [5.41, 5.74) is 1.55. The molecule has 0 unspecified atom stereocenters. The third-order valence-corrected chi connectivity index (χ3v) is 5.35. The van der Waals surface area contributed by atoms with Crippen molar-refractivity contribution in [2.24, 2.45) is 0 Å². The Morgan fingerprint density at radius 2 is 1.82 bits per heavy atom. The summed E-state index contributed by atoms with van der Waals surface area (Å²) in [4.78, 5) is 18.9. The first-order valence-corrected chi connectivity index (χ1v) is 9.54. The van der Waals surface area contributed by atoms with E-state index >= 15 is 0 Å². The van der Waals surface area contributed by atoms with Crippen LogP contribution in [0.1, 0.15) is 20.9 Å². The molecule has 0 aliphatic rings. The summed E-state index contributed by atoms with van der Waals surface area (Å²) in [6.07, 6.45) is 4.60. The summed E-state index contributed by atoms with van der Waals surface area (Å²) in [6, 6.07) is 10.5. The number of hydrogen-bond acceptors (Lipinski definition) is 3. The van der Waals surface area contributed by atoms with E-state index in [2.05, 4.69) is 4.98 Å². The van der Waals surface area contributed by atoms with Crippen LogP contribution in [0.2, 0.25) is 5.02 Å². The number of hydrogen-bond donors (Lipinski definition) is 0. The first kappa shape index (κ1) is 18.5. The molecule has 4 aromatic rings. The molecular formula is C21H13ClF2N2OS. The molecule has 4 rings (SSSR count). The van der Waals surface area contributed by atoms with Gasteiger partial charge in [-0.3, -0.25) is 9.20 Å². The second-order valence-corrected chi connectivity index (χ2v) is 7.79. The van der Waals surface area contributed by atoms with Crippen LogP contribution in [-0.4, -0.2) is 15.2 Å². The summed E-state index contributed by atoms with van der Waals surface area (Å²) in [6.45, 7) is 1.95. The van der Waals surface area contributed by atoms with Crippen molar-refractivity contribution >= 4 is 39.8 Å². The summed E-state index contributed by atoms with van der Waals surface area (Å²) in [7, 11) is 0. The second kappa shape index (κ2) is 7.30. The monoisotopic (exact) mass is 414 g/mol. The maximum atomic E-state index is 13.9. The molecule has 2 aromatic carbocycles. The molecule has 0 spiro atoms. The lowest BCUT2D eigenvalue weighted by atomic mass is 10.1. The largest absolute Gasteiger partial charge is 0.290 e. The number of aryl methyl sites for hydroxylation is 1. The Balaban J connectivity index is 1.81. The Morgan fingerprint density at radius 3 is 2.50 bits per heavy atom. The number of aromatic nitrogens is 2. The number of halogens is 3. The van der Waals surface area contributed by atoms with Gasteiger partial charge in [-0.1, -0.05) is 29.8 Å². The average Bonchev–Trinajstić information content (AvgIpc) is 3.16. The van der Waals surface area contributed by atoms with Crippen molar-refractivity contribution in [1.82, 2.24) is 9.38 Å². The van der Waals surface area contributed by atoms with E-state index in [9.17, 15) is 13.6 Å². The molecule has 0 fully saturated rings. The topological polar surface area (TPSA) is 34.4 Å². The molecule has 0 amide bonds. The molecule has 0 N–H and O–H groups in total. The molecule has 28 heavy (non-hydrogen) atoms. The maximum Gasteiger partial charge on any atom is 0.194 e. The predicted molar refractivity (Wildman–Crippen MR) is 108 cm³/mol. The molecule has 0 radical (unpaired) electrons. The van der Waals surface area contributed by atoms with Gasteiger partial charge < -0.3 is 0 Å². The normalized spacial score (nSPS) is 11.6. The minimum atomic E-state index is -0.891. The van der Waals surface area contributed by atoms with Gasteiger partial charge >= 0.3 is 0 Å². The molecule has 0 saturated carbocycles. The number of nitrogens with zero attached hydrogens (tertiary/aromatic N) is 2. The molecule has 0 saturated heterocycles. The lowest BCUT2D eigenvalue weighted by Crippen LogP contribution is -2.02. The maximum absolute atomic E-state index is 13.9. The number of fused-ring (bicyclic) bond motifs is 1. The number of allylic oxidation sites excluding steroid dienone is 1. The van der Waals surface area contributed by atoms with Crippen LogP contribution < -0.4 is 0 Å². The highest BCUT2D eigenvalue weighted by atomic mass is 35.5. The zero-order chi connectivity index (χ0) is 19.8. The van der Waals surface area contributed by atoms with Crippen LogP contribution in [0, 0.1) is 18.6 Å². The second-order valence-electron chi connectivity index (χ2n) is 6.14. The summed E-state index contributed by atoms with van der Waals surface area (Å²) in [5, 5.41) is 0.600. The fourth-order valence-corrected chi connectivity index (χ4v) is 3.88. The standard InChI is InChI=1S/C21H13ClF2N2OS/c1-12-11-26-17(9-10-18(27)19-15(23)3-2-4-16(19)24)20(25-21(26)28-12)13-5-7-14(22)8-6-13/h2-11H,1H3/b10-9+. The SMILES string of the molecule is Cc1cn2c(/C=C/C(=O)c3c(F)cccc3F)c(-c3ccc(Cl)cc3)nc2s1. The van der Waals surface area contributed by atoms with Gasteiger partial charge in [0.15, 0.2) is 10.7 Å². The summed E-state index contributed by atoms with van der Waals surface area (Å²) < 4.78 is 29.6. The van der Waals surface area contributed by atoms with Crippen LogP contribution in [0.15, 0.2) is 54.7 Å². The zero-order valence-corrected chi connectivity index (χ0v) is 16.2. The molecule has 7 heteroatoms. The summed E-state index contributed by atoms with van der Waals surface area (Å²) >= 11 is 7.47. The van der Waals surface area contributed by atoms with Crippen LogP contribution in [-0.2, 0) is 0 Å². The number of ketones is 1. The molecule has 0 aliphatic carbocycles. The predicted octanol–water partition coefficient (Wildman–Crippen LogP) is 6.20. The molecule has 2 heterocycles. The highest BCUT2D eigenvalue weighted by molar-refractivity contribution is 7.17. The number of carbonyl (C=O) groups is 1. The van der Waals surface area contributed by atoms with Crippen molar-refractivity contribution in [3.8, 4) is 11.3 Å². The van der Waals surface area contributed by atoms with Crippen LogP contribution in [0.25, 0.3) is 22.3 Å². The minimum Gasteiger partial charge on any atom is -0.290 e. The highest BCUT2D eigenvalue weighted by Gasteiger charge is 2.17. The van der Waals surface area contributed by atoms with E-state index in [1.165, 1.54) is 23.5 Å². The molecule has 0 aliphatic heterocycles. The lowest BCUT2D eigenvalue weighted by molar-refractivity contribution is 0.104. The van der Waals surface area contributed by atoms with Gasteiger partial charge in [0.05, 0.1) is 17.0 Å². The first-order valence-electron chi connectivity index (χ1n) is 8.35. The fraction of sp³-hybridized carbons (Fsp3) is 0.0476. The fourth-order valence-electron chi connectivity index (χ4n) is 2.92. The van der Waals surface area contributed by atoms with E-state index in [1.54, 1.807) is 12.1 Å². The quantitative estimate of drug-likeness (QED) is 0.294. The van der Waals surface area contributed by atoms with E-state index in [0.29, 0.717) is 16.4 Å². The minimum absolute atomic E-state index is 0.575. The zero-order valence-electron chi connectivity index (χ0n) is 14.6. The van der Waals surface area contributed by atoms with Gasteiger partial charge in [0.2, 0.25) is 0 Å². The van der Waals surface area contributed by atoms with Gasteiger partial charge in [-0.2, -0.15) is 0 Å². The first-order chi connectivity index (χ1) is 13.4. The van der Waals surface area contributed by atoms with Crippen molar-refractivity contribution < 1.29 is 13.6 Å². The smallest absolute Gasteiger partial charge is 0.194 e. The Bertz CT molecular complexity index is 1210. The Labute approximate surface area is 168 Å².